The molecule has 1 aromatic rings. The first-order valence-electron chi connectivity index (χ1n) is 6.35. The number of anilines is 1. The zero-order valence-electron chi connectivity index (χ0n) is 10.9. The largest absolute Gasteiger partial charge is 0.395 e. The molecule has 0 radical (unpaired) electrons. The summed E-state index contributed by atoms with van der Waals surface area (Å²) in [4.78, 5) is 4.06. The van der Waals surface area contributed by atoms with Crippen LogP contribution in [0.2, 0.25) is 0 Å². The molecule has 0 spiro atoms. The lowest BCUT2D eigenvalue weighted by Crippen LogP contribution is -2.45. The fourth-order valence-electron chi connectivity index (χ4n) is 2.39. The van der Waals surface area contributed by atoms with Gasteiger partial charge in [0.1, 0.15) is 4.90 Å². The van der Waals surface area contributed by atoms with Crippen LogP contribution in [0.15, 0.2) is 23.4 Å². The second-order valence-electron chi connectivity index (χ2n) is 4.57. The lowest BCUT2D eigenvalue weighted by molar-refractivity contribution is 0.155. The molecule has 1 saturated heterocycles. The summed E-state index contributed by atoms with van der Waals surface area (Å²) in [5, 5.41) is 12.2. The van der Waals surface area contributed by atoms with Crippen molar-refractivity contribution in [2.75, 3.05) is 25.5 Å². The number of pyridine rings is 1. The van der Waals surface area contributed by atoms with Crippen LogP contribution in [0.5, 0.6) is 0 Å². The molecule has 1 atom stereocenters. The van der Waals surface area contributed by atoms with Crippen LogP contribution in [0.1, 0.15) is 19.3 Å². The third-order valence-corrected chi connectivity index (χ3v) is 5.40. The average Bonchev–Trinajstić information content (AvgIpc) is 2.47. The first-order valence-corrected chi connectivity index (χ1v) is 7.79. The van der Waals surface area contributed by atoms with E-state index < -0.39 is 10.0 Å². The van der Waals surface area contributed by atoms with E-state index in [2.05, 4.69) is 10.3 Å². The van der Waals surface area contributed by atoms with Crippen molar-refractivity contribution in [3.63, 3.8) is 0 Å². The van der Waals surface area contributed by atoms with Crippen LogP contribution in [0.4, 0.5) is 5.69 Å². The quantitative estimate of drug-likeness (QED) is 0.849. The Balaban J connectivity index is 2.40. The third-order valence-electron chi connectivity index (χ3n) is 3.42. The van der Waals surface area contributed by atoms with Gasteiger partial charge in [-0.3, -0.25) is 4.98 Å². The minimum Gasteiger partial charge on any atom is -0.395 e. The van der Waals surface area contributed by atoms with E-state index in [0.717, 1.165) is 12.8 Å². The van der Waals surface area contributed by atoms with Gasteiger partial charge in [0, 0.05) is 32.0 Å². The molecule has 1 unspecified atom stereocenters. The zero-order chi connectivity index (χ0) is 13.9. The van der Waals surface area contributed by atoms with Crippen LogP contribution in [0.25, 0.3) is 0 Å². The van der Waals surface area contributed by atoms with E-state index in [1.807, 2.05) is 0 Å². The number of hydrogen-bond acceptors (Lipinski definition) is 5. The summed E-state index contributed by atoms with van der Waals surface area (Å²) in [6.45, 7) is 0.306. The molecule has 1 aliphatic heterocycles. The highest BCUT2D eigenvalue weighted by atomic mass is 32.2. The van der Waals surface area contributed by atoms with Crippen molar-refractivity contribution in [1.82, 2.24) is 9.29 Å². The van der Waals surface area contributed by atoms with Gasteiger partial charge in [-0.05, 0) is 18.9 Å². The van der Waals surface area contributed by atoms with Gasteiger partial charge in [-0.1, -0.05) is 6.42 Å². The minimum absolute atomic E-state index is 0.144. The van der Waals surface area contributed by atoms with Crippen molar-refractivity contribution >= 4 is 15.7 Å². The van der Waals surface area contributed by atoms with E-state index in [1.54, 1.807) is 19.3 Å². The van der Waals surface area contributed by atoms with E-state index in [-0.39, 0.29) is 17.5 Å². The van der Waals surface area contributed by atoms with Gasteiger partial charge >= 0.3 is 0 Å². The number of rotatable bonds is 4. The molecule has 0 aliphatic carbocycles. The number of aliphatic hydroxyl groups excluding tert-OH is 1. The molecule has 1 aromatic heterocycles. The Hall–Kier alpha value is -1.18. The zero-order valence-corrected chi connectivity index (χ0v) is 11.7. The van der Waals surface area contributed by atoms with E-state index in [9.17, 15) is 13.5 Å². The van der Waals surface area contributed by atoms with Crippen LogP contribution in [-0.2, 0) is 10.0 Å². The minimum atomic E-state index is -3.62. The number of nitrogens with zero attached hydrogens (tertiary/aromatic N) is 2. The van der Waals surface area contributed by atoms with Crippen LogP contribution < -0.4 is 5.32 Å². The molecule has 19 heavy (non-hydrogen) atoms. The second-order valence-corrected chi connectivity index (χ2v) is 6.43. The van der Waals surface area contributed by atoms with Gasteiger partial charge in [0.15, 0.2) is 0 Å². The van der Waals surface area contributed by atoms with Crippen molar-refractivity contribution in [3.05, 3.63) is 18.5 Å². The summed E-state index contributed by atoms with van der Waals surface area (Å²) < 4.78 is 26.7. The smallest absolute Gasteiger partial charge is 0.246 e. The summed E-state index contributed by atoms with van der Waals surface area (Å²) >= 11 is 0. The number of sulfonamides is 1. The summed E-state index contributed by atoms with van der Waals surface area (Å²) in [5.41, 5.74) is 0.525. The summed E-state index contributed by atoms with van der Waals surface area (Å²) in [5.74, 6) is 0. The Morgan fingerprint density at radius 1 is 1.53 bits per heavy atom. The molecule has 6 nitrogen and oxygen atoms in total. The number of aromatic nitrogens is 1. The van der Waals surface area contributed by atoms with Crippen LogP contribution in [0, 0.1) is 0 Å². The Bertz CT molecular complexity index is 533. The normalized spacial score (nSPS) is 21.3. The highest BCUT2D eigenvalue weighted by molar-refractivity contribution is 7.89. The molecular formula is C12H19N3O3S. The second kappa shape index (κ2) is 5.85. The topological polar surface area (TPSA) is 82.5 Å². The molecule has 2 rings (SSSR count). The predicted molar refractivity (Wildman–Crippen MR) is 72.4 cm³/mol. The maximum absolute atomic E-state index is 12.7. The van der Waals surface area contributed by atoms with Gasteiger partial charge in [0.05, 0.1) is 12.3 Å². The molecule has 7 heteroatoms. The van der Waals surface area contributed by atoms with Gasteiger partial charge in [-0.2, -0.15) is 4.31 Å². The van der Waals surface area contributed by atoms with Gasteiger partial charge < -0.3 is 10.4 Å². The standard InChI is InChI=1S/C12H19N3O3S/c1-13-11-5-6-14-8-12(11)19(17,18)15-7-3-2-4-10(15)9-16/h5-6,8,10,16H,2-4,7,9H2,1H3,(H,13,14). The summed E-state index contributed by atoms with van der Waals surface area (Å²) in [7, 11) is -1.94. The molecule has 0 bridgehead atoms. The van der Waals surface area contributed by atoms with Crippen molar-refractivity contribution in [1.29, 1.82) is 0 Å². The molecule has 0 amide bonds. The molecule has 0 aromatic carbocycles. The van der Waals surface area contributed by atoms with E-state index in [4.69, 9.17) is 0 Å². The van der Waals surface area contributed by atoms with E-state index >= 15 is 0 Å². The number of piperidine rings is 1. The fourth-order valence-corrected chi connectivity index (χ4v) is 4.22. The van der Waals surface area contributed by atoms with Crippen molar-refractivity contribution in [2.24, 2.45) is 0 Å². The highest BCUT2D eigenvalue weighted by Gasteiger charge is 2.34. The first-order chi connectivity index (χ1) is 9.11. The van der Waals surface area contributed by atoms with Gasteiger partial charge in [-0.15, -0.1) is 0 Å². The molecule has 106 valence electrons. The summed E-state index contributed by atoms with van der Waals surface area (Å²) in [6.07, 6.45) is 5.37. The van der Waals surface area contributed by atoms with Gasteiger partial charge in [0.25, 0.3) is 0 Å². The maximum atomic E-state index is 12.7. The molecule has 2 heterocycles. The fraction of sp³-hybridized carbons (Fsp3) is 0.583. The Labute approximate surface area is 113 Å². The number of aliphatic hydroxyl groups is 1. The third kappa shape index (κ3) is 2.72. The van der Waals surface area contributed by atoms with Crippen molar-refractivity contribution in [3.8, 4) is 0 Å². The molecule has 2 N–H and O–H groups in total. The van der Waals surface area contributed by atoms with Gasteiger partial charge in [0.2, 0.25) is 10.0 Å². The first kappa shape index (κ1) is 14.2. The van der Waals surface area contributed by atoms with Crippen LogP contribution in [-0.4, -0.2) is 49.1 Å². The SMILES string of the molecule is CNc1ccncc1S(=O)(=O)N1CCCCC1CO. The average molecular weight is 285 g/mol. The molecule has 0 saturated carbocycles. The van der Waals surface area contributed by atoms with E-state index in [1.165, 1.54) is 10.5 Å². The highest BCUT2D eigenvalue weighted by Crippen LogP contribution is 2.28. The lowest BCUT2D eigenvalue weighted by Gasteiger charge is -2.33. The lowest BCUT2D eigenvalue weighted by atomic mass is 10.1. The molecular weight excluding hydrogens is 266 g/mol. The van der Waals surface area contributed by atoms with Crippen LogP contribution in [0.3, 0.4) is 0 Å². The van der Waals surface area contributed by atoms with E-state index in [0.29, 0.717) is 18.7 Å². The number of hydrogen-bond donors (Lipinski definition) is 2. The molecule has 1 fully saturated rings. The monoisotopic (exact) mass is 285 g/mol. The summed E-state index contributed by atoms with van der Waals surface area (Å²) in [6, 6.07) is 1.30. The van der Waals surface area contributed by atoms with Crippen molar-refractivity contribution < 1.29 is 13.5 Å². The maximum Gasteiger partial charge on any atom is 0.246 e. The Kier molecular flexibility index (Phi) is 4.38. The van der Waals surface area contributed by atoms with Crippen LogP contribution >= 0.6 is 0 Å². The number of nitrogens with one attached hydrogen (secondary N) is 1. The Morgan fingerprint density at radius 3 is 3.00 bits per heavy atom. The van der Waals surface area contributed by atoms with Crippen molar-refractivity contribution in [2.45, 2.75) is 30.2 Å². The predicted octanol–water partition coefficient (Wildman–Crippen LogP) is 0.659. The molecule has 1 aliphatic rings. The Morgan fingerprint density at radius 2 is 2.32 bits per heavy atom. The van der Waals surface area contributed by atoms with Gasteiger partial charge in [-0.25, -0.2) is 8.42 Å².